The summed E-state index contributed by atoms with van der Waals surface area (Å²) in [7, 11) is 1.41. The molecule has 0 bridgehead atoms. The number of hydrogen-bond donors (Lipinski definition) is 2. The van der Waals surface area contributed by atoms with Gasteiger partial charge in [-0.1, -0.05) is 0 Å². The van der Waals surface area contributed by atoms with Crippen LogP contribution in [0.3, 0.4) is 0 Å². The van der Waals surface area contributed by atoms with Crippen molar-refractivity contribution >= 4 is 22.9 Å². The Morgan fingerprint density at radius 2 is 1.91 bits per heavy atom. The fourth-order valence-corrected chi connectivity index (χ4v) is 2.65. The summed E-state index contributed by atoms with van der Waals surface area (Å²) in [5.74, 6) is -0.0781. The summed E-state index contributed by atoms with van der Waals surface area (Å²) in [6.07, 6.45) is -3.92. The van der Waals surface area contributed by atoms with Crippen LogP contribution < -0.4 is 5.32 Å². The molecule has 2 atom stereocenters. The summed E-state index contributed by atoms with van der Waals surface area (Å²) in [5.41, 5.74) is -1.84. The number of amides is 1. The molecule has 2 unspecified atom stereocenters. The van der Waals surface area contributed by atoms with Crippen molar-refractivity contribution in [2.45, 2.75) is 51.4 Å². The van der Waals surface area contributed by atoms with Crippen LogP contribution in [0.4, 0.5) is 18.0 Å². The molecule has 0 radical (unpaired) electrons. The molecule has 8 nitrogen and oxygen atoms in total. The molecule has 1 aromatic heterocycles. The molecule has 1 amide bonds. The van der Waals surface area contributed by atoms with Crippen LogP contribution in [0, 0.1) is 0 Å². The maximum absolute atomic E-state index is 13.2. The van der Waals surface area contributed by atoms with Crippen LogP contribution in [-0.4, -0.2) is 66.5 Å². The van der Waals surface area contributed by atoms with Crippen molar-refractivity contribution in [1.29, 1.82) is 0 Å². The third-order valence-electron chi connectivity index (χ3n) is 4.43. The SMILES string of the molecule is COCC(=O)c1ccc2nc(C(COC(C)(CF)C(F)F)NC(=O)OC(C)(C)C)[nH]c2c1. The van der Waals surface area contributed by atoms with Crippen LogP contribution in [0.2, 0.25) is 0 Å². The minimum absolute atomic E-state index is 0.0986. The number of hydrogen-bond acceptors (Lipinski definition) is 6. The molecule has 178 valence electrons. The number of alkyl halides is 3. The second kappa shape index (κ2) is 10.3. The van der Waals surface area contributed by atoms with E-state index in [1.807, 2.05) is 0 Å². The number of halogens is 3. The highest BCUT2D eigenvalue weighted by atomic mass is 19.3. The van der Waals surface area contributed by atoms with E-state index in [1.165, 1.54) is 7.11 Å². The Bertz CT molecular complexity index is 944. The van der Waals surface area contributed by atoms with Gasteiger partial charge in [0.2, 0.25) is 0 Å². The van der Waals surface area contributed by atoms with Crippen LogP contribution >= 0.6 is 0 Å². The number of ether oxygens (including phenoxy) is 3. The Morgan fingerprint density at radius 3 is 2.47 bits per heavy atom. The van der Waals surface area contributed by atoms with E-state index in [1.54, 1.807) is 39.0 Å². The Morgan fingerprint density at radius 1 is 1.22 bits per heavy atom. The van der Waals surface area contributed by atoms with E-state index in [0.717, 1.165) is 6.92 Å². The van der Waals surface area contributed by atoms with Crippen molar-refractivity contribution in [2.75, 3.05) is 27.0 Å². The van der Waals surface area contributed by atoms with Crippen molar-refractivity contribution in [2.24, 2.45) is 0 Å². The van der Waals surface area contributed by atoms with Gasteiger partial charge in [0.1, 0.15) is 30.7 Å². The molecule has 11 heteroatoms. The molecule has 0 saturated heterocycles. The Kier molecular flexibility index (Phi) is 8.24. The van der Waals surface area contributed by atoms with Crippen LogP contribution in [-0.2, 0) is 14.2 Å². The lowest BCUT2D eigenvalue weighted by atomic mass is 10.1. The number of carbonyl (C=O) groups excluding carboxylic acids is 2. The highest BCUT2D eigenvalue weighted by Crippen LogP contribution is 2.25. The van der Waals surface area contributed by atoms with Gasteiger partial charge in [-0.3, -0.25) is 4.79 Å². The van der Waals surface area contributed by atoms with E-state index < -0.39 is 43.0 Å². The van der Waals surface area contributed by atoms with E-state index >= 15 is 0 Å². The molecule has 32 heavy (non-hydrogen) atoms. The maximum Gasteiger partial charge on any atom is 0.408 e. The molecule has 2 N–H and O–H groups in total. The maximum atomic E-state index is 13.2. The summed E-state index contributed by atoms with van der Waals surface area (Å²) in [6, 6.07) is 3.66. The predicted molar refractivity (Wildman–Crippen MR) is 111 cm³/mol. The second-order valence-electron chi connectivity index (χ2n) is 8.47. The number of rotatable bonds is 10. The number of ketones is 1. The number of imidazole rings is 1. The van der Waals surface area contributed by atoms with Crippen molar-refractivity contribution in [3.63, 3.8) is 0 Å². The molecule has 0 spiro atoms. The lowest BCUT2D eigenvalue weighted by molar-refractivity contribution is -0.143. The zero-order valence-corrected chi connectivity index (χ0v) is 18.6. The number of methoxy groups -OCH3 is 1. The van der Waals surface area contributed by atoms with Gasteiger partial charge in [0, 0.05) is 12.7 Å². The fraction of sp³-hybridized carbons (Fsp3) is 0.571. The van der Waals surface area contributed by atoms with Crippen LogP contribution in [0.25, 0.3) is 11.0 Å². The number of H-pyrrole nitrogens is 1. The number of carbonyl (C=O) groups is 2. The number of fused-ring (bicyclic) bond motifs is 1. The molecular weight excluding hydrogens is 431 g/mol. The average molecular weight is 459 g/mol. The molecular formula is C21H28F3N3O5. The fourth-order valence-electron chi connectivity index (χ4n) is 2.65. The third kappa shape index (κ3) is 6.67. The number of nitrogens with zero attached hydrogens (tertiary/aromatic N) is 1. The van der Waals surface area contributed by atoms with Crippen molar-refractivity contribution in [1.82, 2.24) is 15.3 Å². The van der Waals surface area contributed by atoms with E-state index in [4.69, 9.17) is 14.2 Å². The van der Waals surface area contributed by atoms with E-state index in [2.05, 4.69) is 15.3 Å². The van der Waals surface area contributed by atoms with Crippen molar-refractivity contribution < 1.29 is 37.0 Å². The quantitative estimate of drug-likeness (QED) is 0.522. The molecule has 1 heterocycles. The monoisotopic (exact) mass is 459 g/mol. The van der Waals surface area contributed by atoms with Gasteiger partial charge in [0.15, 0.2) is 11.4 Å². The van der Waals surface area contributed by atoms with Gasteiger partial charge in [-0.05, 0) is 45.9 Å². The normalized spacial score (nSPS) is 14.9. The van der Waals surface area contributed by atoms with Crippen LogP contribution in [0.1, 0.15) is 49.9 Å². The number of benzene rings is 1. The first-order valence-corrected chi connectivity index (χ1v) is 9.88. The first-order chi connectivity index (χ1) is 14.9. The minimum Gasteiger partial charge on any atom is -0.444 e. The molecule has 0 aliphatic carbocycles. The highest BCUT2D eigenvalue weighted by Gasteiger charge is 2.38. The molecule has 0 aliphatic rings. The Hall–Kier alpha value is -2.66. The lowest BCUT2D eigenvalue weighted by Gasteiger charge is -2.28. The summed E-state index contributed by atoms with van der Waals surface area (Å²) >= 11 is 0. The Balaban J connectivity index is 2.33. The molecule has 0 aliphatic heterocycles. The van der Waals surface area contributed by atoms with Crippen molar-refractivity contribution in [3.05, 3.63) is 29.6 Å². The predicted octanol–water partition coefficient (Wildman–Crippen LogP) is 3.97. The second-order valence-corrected chi connectivity index (χ2v) is 8.47. The molecule has 0 saturated carbocycles. The van der Waals surface area contributed by atoms with E-state index in [-0.39, 0.29) is 18.2 Å². The van der Waals surface area contributed by atoms with Gasteiger partial charge in [0.25, 0.3) is 6.43 Å². The van der Waals surface area contributed by atoms with Gasteiger partial charge >= 0.3 is 6.09 Å². The van der Waals surface area contributed by atoms with Gasteiger partial charge in [-0.25, -0.2) is 22.9 Å². The summed E-state index contributed by atoms with van der Waals surface area (Å²) in [6.45, 7) is 3.90. The average Bonchev–Trinajstić information content (AvgIpc) is 3.12. The number of Topliss-reactive ketones (excluding diaryl/α,β-unsaturated/α-hetero) is 1. The summed E-state index contributed by atoms with van der Waals surface area (Å²) < 4.78 is 54.9. The Labute approximate surface area is 183 Å². The highest BCUT2D eigenvalue weighted by molar-refractivity contribution is 5.99. The van der Waals surface area contributed by atoms with E-state index in [0.29, 0.717) is 16.6 Å². The summed E-state index contributed by atoms with van der Waals surface area (Å²) in [5, 5.41) is 2.51. The largest absolute Gasteiger partial charge is 0.444 e. The van der Waals surface area contributed by atoms with Gasteiger partial charge in [0.05, 0.1) is 17.6 Å². The van der Waals surface area contributed by atoms with Gasteiger partial charge in [-0.15, -0.1) is 0 Å². The number of nitrogens with one attached hydrogen (secondary N) is 2. The standard InChI is InChI=1S/C21H28F3N3O5/c1-20(2,3)32-19(29)27-15(9-31-21(4,11-22)18(23)24)17-25-13-7-6-12(8-14(13)26-17)16(28)10-30-5/h6-8,15,18H,9-11H2,1-5H3,(H,25,26)(H,27,29). The topological polar surface area (TPSA) is 103 Å². The summed E-state index contributed by atoms with van der Waals surface area (Å²) in [4.78, 5) is 31.6. The lowest BCUT2D eigenvalue weighted by Crippen LogP contribution is -2.43. The van der Waals surface area contributed by atoms with Crippen LogP contribution in [0.5, 0.6) is 0 Å². The first-order valence-electron chi connectivity index (χ1n) is 9.88. The zero-order chi connectivity index (χ0) is 24.1. The molecule has 1 aromatic carbocycles. The zero-order valence-electron chi connectivity index (χ0n) is 18.6. The van der Waals surface area contributed by atoms with Gasteiger partial charge in [-0.2, -0.15) is 0 Å². The first kappa shape index (κ1) is 25.6. The molecule has 2 rings (SSSR count). The minimum atomic E-state index is -3.08. The smallest absolute Gasteiger partial charge is 0.408 e. The van der Waals surface area contributed by atoms with Crippen molar-refractivity contribution in [3.8, 4) is 0 Å². The van der Waals surface area contributed by atoms with Gasteiger partial charge < -0.3 is 24.5 Å². The number of aromatic nitrogens is 2. The van der Waals surface area contributed by atoms with E-state index in [9.17, 15) is 22.8 Å². The third-order valence-corrected chi connectivity index (χ3v) is 4.43. The molecule has 2 aromatic rings. The molecule has 0 fully saturated rings. The number of alkyl carbamates (subject to hydrolysis) is 1. The van der Waals surface area contributed by atoms with Crippen LogP contribution in [0.15, 0.2) is 18.2 Å². The number of aromatic amines is 1.